The van der Waals surface area contributed by atoms with E-state index in [1.807, 2.05) is 6.20 Å². The fourth-order valence-electron chi connectivity index (χ4n) is 2.26. The summed E-state index contributed by atoms with van der Waals surface area (Å²) in [5, 5.41) is 3.40. The molecule has 1 aromatic rings. The number of H-pyrrole nitrogens is 1. The Hall–Kier alpha value is -0.910. The normalized spacial score (nSPS) is 22.8. The number of hydrogen-bond acceptors (Lipinski definition) is 4. The Balaban J connectivity index is 1.99. The van der Waals surface area contributed by atoms with Gasteiger partial charge >= 0.3 is 0 Å². The summed E-state index contributed by atoms with van der Waals surface area (Å²) in [4.78, 5) is 12.7. The fourth-order valence-corrected chi connectivity index (χ4v) is 2.26. The van der Waals surface area contributed by atoms with E-state index in [4.69, 9.17) is 0 Å². The number of piperazine rings is 1. The van der Waals surface area contributed by atoms with Gasteiger partial charge in [-0.3, -0.25) is 4.90 Å². The van der Waals surface area contributed by atoms with Gasteiger partial charge in [-0.05, 0) is 14.1 Å². The van der Waals surface area contributed by atoms with Gasteiger partial charge in [0, 0.05) is 44.1 Å². The standard InChI is InChI=1S/C13H25N5/c1-10(2)14-7-11-8-15-13(16-11)12-9-17(3)5-6-18(12)4/h8,10,12,14H,5-7,9H2,1-4H3,(H,15,16). The molecule has 1 aliphatic heterocycles. The SMILES string of the molecule is CC(C)NCc1cnc(C2CN(C)CCN2C)[nH]1. The van der Waals surface area contributed by atoms with E-state index in [1.165, 1.54) is 5.69 Å². The maximum absolute atomic E-state index is 4.54. The van der Waals surface area contributed by atoms with Gasteiger partial charge in [0.05, 0.1) is 6.04 Å². The highest BCUT2D eigenvalue weighted by Crippen LogP contribution is 2.20. The fraction of sp³-hybridized carbons (Fsp3) is 0.769. The van der Waals surface area contributed by atoms with E-state index >= 15 is 0 Å². The average Bonchev–Trinajstić information content (AvgIpc) is 2.78. The third-order valence-corrected chi connectivity index (χ3v) is 3.52. The first-order chi connectivity index (χ1) is 8.56. The second-order valence-electron chi connectivity index (χ2n) is 5.59. The molecular weight excluding hydrogens is 226 g/mol. The van der Waals surface area contributed by atoms with E-state index < -0.39 is 0 Å². The Morgan fingerprint density at radius 3 is 2.94 bits per heavy atom. The van der Waals surface area contributed by atoms with Gasteiger partial charge < -0.3 is 15.2 Å². The number of aromatic nitrogens is 2. The van der Waals surface area contributed by atoms with Crippen molar-refractivity contribution in [2.45, 2.75) is 32.5 Å². The molecule has 0 aromatic carbocycles. The zero-order valence-electron chi connectivity index (χ0n) is 11.9. The molecule has 1 aromatic heterocycles. The van der Waals surface area contributed by atoms with Crippen LogP contribution in [0.3, 0.4) is 0 Å². The molecule has 2 rings (SSSR count). The van der Waals surface area contributed by atoms with Crippen LogP contribution in [0.4, 0.5) is 0 Å². The molecule has 18 heavy (non-hydrogen) atoms. The van der Waals surface area contributed by atoms with E-state index in [0.29, 0.717) is 12.1 Å². The number of nitrogens with one attached hydrogen (secondary N) is 2. The molecule has 102 valence electrons. The van der Waals surface area contributed by atoms with Crippen molar-refractivity contribution in [3.63, 3.8) is 0 Å². The van der Waals surface area contributed by atoms with Gasteiger partial charge in [0.2, 0.25) is 0 Å². The van der Waals surface area contributed by atoms with E-state index in [2.05, 4.69) is 53.0 Å². The van der Waals surface area contributed by atoms with Crippen molar-refractivity contribution in [2.24, 2.45) is 0 Å². The first-order valence-electron chi connectivity index (χ1n) is 6.72. The van der Waals surface area contributed by atoms with Crippen LogP contribution >= 0.6 is 0 Å². The molecule has 5 heteroatoms. The summed E-state index contributed by atoms with van der Waals surface area (Å²) >= 11 is 0. The highest BCUT2D eigenvalue weighted by Gasteiger charge is 2.25. The Morgan fingerprint density at radius 2 is 2.22 bits per heavy atom. The predicted octanol–water partition coefficient (Wildman–Crippen LogP) is 0.826. The van der Waals surface area contributed by atoms with Crippen molar-refractivity contribution in [2.75, 3.05) is 33.7 Å². The molecular formula is C13H25N5. The summed E-state index contributed by atoms with van der Waals surface area (Å²) in [5.41, 5.74) is 1.17. The van der Waals surface area contributed by atoms with Crippen LogP contribution in [0.5, 0.6) is 0 Å². The zero-order valence-corrected chi connectivity index (χ0v) is 11.9. The molecule has 1 unspecified atom stereocenters. The van der Waals surface area contributed by atoms with Gasteiger partial charge in [-0.2, -0.15) is 0 Å². The summed E-state index contributed by atoms with van der Waals surface area (Å²) in [7, 11) is 4.34. The monoisotopic (exact) mass is 251 g/mol. The summed E-state index contributed by atoms with van der Waals surface area (Å²) in [5.74, 6) is 1.09. The van der Waals surface area contributed by atoms with Crippen molar-refractivity contribution in [3.05, 3.63) is 17.7 Å². The van der Waals surface area contributed by atoms with Gasteiger partial charge in [-0.25, -0.2) is 4.98 Å². The van der Waals surface area contributed by atoms with E-state index in [-0.39, 0.29) is 0 Å². The minimum absolute atomic E-state index is 0.386. The van der Waals surface area contributed by atoms with Crippen LogP contribution in [0.2, 0.25) is 0 Å². The number of aromatic amines is 1. The van der Waals surface area contributed by atoms with Crippen LogP contribution in [0.1, 0.15) is 31.4 Å². The van der Waals surface area contributed by atoms with Gasteiger partial charge in [0.1, 0.15) is 5.82 Å². The van der Waals surface area contributed by atoms with Crippen LogP contribution in [0.15, 0.2) is 6.20 Å². The Kier molecular flexibility index (Phi) is 4.37. The molecule has 1 saturated heterocycles. The molecule has 0 radical (unpaired) electrons. The molecule has 0 amide bonds. The Bertz CT molecular complexity index is 373. The number of hydrogen-bond donors (Lipinski definition) is 2. The van der Waals surface area contributed by atoms with Crippen LogP contribution in [-0.4, -0.2) is 59.5 Å². The highest BCUT2D eigenvalue weighted by molar-refractivity contribution is 5.06. The third kappa shape index (κ3) is 3.31. The molecule has 2 N–H and O–H groups in total. The minimum atomic E-state index is 0.386. The summed E-state index contributed by atoms with van der Waals surface area (Å²) in [6.45, 7) is 8.44. The molecule has 0 saturated carbocycles. The van der Waals surface area contributed by atoms with Crippen LogP contribution in [0.25, 0.3) is 0 Å². The summed E-state index contributed by atoms with van der Waals surface area (Å²) in [6, 6.07) is 0.886. The van der Waals surface area contributed by atoms with Crippen molar-refractivity contribution in [1.82, 2.24) is 25.1 Å². The summed E-state index contributed by atoms with van der Waals surface area (Å²) in [6.07, 6.45) is 1.95. The van der Waals surface area contributed by atoms with E-state index in [0.717, 1.165) is 32.0 Å². The molecule has 0 aliphatic carbocycles. The van der Waals surface area contributed by atoms with Crippen LogP contribution < -0.4 is 5.32 Å². The lowest BCUT2D eigenvalue weighted by atomic mass is 10.2. The second kappa shape index (κ2) is 5.82. The zero-order chi connectivity index (χ0) is 13.1. The first-order valence-corrected chi connectivity index (χ1v) is 6.72. The Morgan fingerprint density at radius 1 is 1.44 bits per heavy atom. The lowest BCUT2D eigenvalue weighted by molar-refractivity contribution is 0.110. The molecule has 1 fully saturated rings. The van der Waals surface area contributed by atoms with Gasteiger partial charge in [0.15, 0.2) is 0 Å². The van der Waals surface area contributed by atoms with Crippen molar-refractivity contribution in [1.29, 1.82) is 0 Å². The second-order valence-corrected chi connectivity index (χ2v) is 5.59. The molecule has 2 heterocycles. The maximum Gasteiger partial charge on any atom is 0.125 e. The maximum atomic E-state index is 4.54. The lowest BCUT2D eigenvalue weighted by Gasteiger charge is -2.36. The largest absolute Gasteiger partial charge is 0.343 e. The quantitative estimate of drug-likeness (QED) is 0.832. The van der Waals surface area contributed by atoms with E-state index in [1.54, 1.807) is 0 Å². The van der Waals surface area contributed by atoms with Gasteiger partial charge in [-0.15, -0.1) is 0 Å². The number of nitrogens with zero attached hydrogens (tertiary/aromatic N) is 3. The minimum Gasteiger partial charge on any atom is -0.343 e. The summed E-state index contributed by atoms with van der Waals surface area (Å²) < 4.78 is 0. The molecule has 0 bridgehead atoms. The number of imidazole rings is 1. The van der Waals surface area contributed by atoms with E-state index in [9.17, 15) is 0 Å². The van der Waals surface area contributed by atoms with Crippen molar-refractivity contribution < 1.29 is 0 Å². The number of rotatable bonds is 4. The third-order valence-electron chi connectivity index (χ3n) is 3.52. The van der Waals surface area contributed by atoms with Gasteiger partial charge in [-0.1, -0.05) is 13.8 Å². The lowest BCUT2D eigenvalue weighted by Crippen LogP contribution is -2.45. The van der Waals surface area contributed by atoms with Crippen molar-refractivity contribution >= 4 is 0 Å². The molecule has 1 aliphatic rings. The molecule has 5 nitrogen and oxygen atoms in total. The van der Waals surface area contributed by atoms with Gasteiger partial charge in [0.25, 0.3) is 0 Å². The number of likely N-dealkylation sites (N-methyl/N-ethyl adjacent to an activating group) is 2. The molecule has 0 spiro atoms. The highest BCUT2D eigenvalue weighted by atomic mass is 15.3. The first kappa shape index (κ1) is 13.5. The van der Waals surface area contributed by atoms with Crippen molar-refractivity contribution in [3.8, 4) is 0 Å². The smallest absolute Gasteiger partial charge is 0.125 e. The average molecular weight is 251 g/mol. The predicted molar refractivity (Wildman–Crippen MR) is 73.4 cm³/mol. The van der Waals surface area contributed by atoms with Crippen LogP contribution in [0, 0.1) is 0 Å². The topological polar surface area (TPSA) is 47.2 Å². The van der Waals surface area contributed by atoms with Crippen LogP contribution in [-0.2, 0) is 6.54 Å². The molecule has 1 atom stereocenters. The Labute approximate surface area is 110 Å².